The third-order valence-corrected chi connectivity index (χ3v) is 1.95. The van der Waals surface area contributed by atoms with Crippen LogP contribution in [0.15, 0.2) is 18.2 Å². The maximum Gasteiger partial charge on any atom is 0.573 e. The molecular weight excluding hydrogens is 257 g/mol. The standard InChI is InChI=1S/C10H7F3O5/c11-10(12,13)18-6-1-2-7(5(3-6)4-14)8(15)9(16)17/h1-4,8,15H,(H,16,17). The SMILES string of the molecule is O=Cc1cc(OC(F)(F)F)ccc1C(O)C(=O)O. The van der Waals surface area contributed by atoms with E-state index in [1.165, 1.54) is 0 Å². The molecule has 0 aliphatic rings. The summed E-state index contributed by atoms with van der Waals surface area (Å²) in [4.78, 5) is 21.1. The number of aliphatic hydroxyl groups is 1. The van der Waals surface area contributed by atoms with E-state index in [1.807, 2.05) is 0 Å². The lowest BCUT2D eigenvalue weighted by Crippen LogP contribution is -2.18. The van der Waals surface area contributed by atoms with Crippen molar-refractivity contribution in [2.45, 2.75) is 12.5 Å². The Labute approximate surface area is 98.4 Å². The van der Waals surface area contributed by atoms with Crippen LogP contribution in [0, 0.1) is 0 Å². The molecule has 1 aromatic carbocycles. The van der Waals surface area contributed by atoms with E-state index in [-0.39, 0.29) is 11.8 Å². The second kappa shape index (κ2) is 5.05. The first-order valence-electron chi connectivity index (χ1n) is 4.50. The summed E-state index contributed by atoms with van der Waals surface area (Å²) in [5.74, 6) is -2.30. The normalized spacial score (nSPS) is 12.9. The molecule has 0 bridgehead atoms. The van der Waals surface area contributed by atoms with E-state index in [4.69, 9.17) is 5.11 Å². The summed E-state index contributed by atoms with van der Waals surface area (Å²) in [5, 5.41) is 17.7. The number of aldehydes is 1. The van der Waals surface area contributed by atoms with Crippen LogP contribution >= 0.6 is 0 Å². The monoisotopic (exact) mass is 264 g/mol. The van der Waals surface area contributed by atoms with Crippen LogP contribution < -0.4 is 4.74 Å². The number of hydrogen-bond acceptors (Lipinski definition) is 4. The topological polar surface area (TPSA) is 83.8 Å². The summed E-state index contributed by atoms with van der Waals surface area (Å²) in [6.45, 7) is 0. The number of carbonyl (C=O) groups is 2. The number of carboxylic acids is 1. The summed E-state index contributed by atoms with van der Waals surface area (Å²) in [6.07, 6.45) is -6.79. The molecule has 1 aromatic rings. The molecule has 1 atom stereocenters. The second-order valence-electron chi connectivity index (χ2n) is 3.20. The van der Waals surface area contributed by atoms with Crippen LogP contribution in [0.2, 0.25) is 0 Å². The third kappa shape index (κ3) is 3.45. The van der Waals surface area contributed by atoms with Gasteiger partial charge in [-0.1, -0.05) is 6.07 Å². The first kappa shape index (κ1) is 14.0. The number of carboxylic acid groups (broad SMARTS) is 1. The molecule has 0 heterocycles. The van der Waals surface area contributed by atoms with E-state index in [0.29, 0.717) is 6.07 Å². The van der Waals surface area contributed by atoms with Gasteiger partial charge in [0.15, 0.2) is 12.4 Å². The van der Waals surface area contributed by atoms with Gasteiger partial charge in [-0.3, -0.25) is 4.79 Å². The van der Waals surface area contributed by atoms with Crippen molar-refractivity contribution in [3.05, 3.63) is 29.3 Å². The highest BCUT2D eigenvalue weighted by atomic mass is 19.4. The van der Waals surface area contributed by atoms with Gasteiger partial charge in [-0.15, -0.1) is 13.2 Å². The van der Waals surface area contributed by atoms with Crippen LogP contribution in [-0.4, -0.2) is 28.8 Å². The van der Waals surface area contributed by atoms with Gasteiger partial charge in [0.2, 0.25) is 0 Å². The minimum atomic E-state index is -4.92. The second-order valence-corrected chi connectivity index (χ2v) is 3.20. The minimum Gasteiger partial charge on any atom is -0.479 e. The molecule has 5 nitrogen and oxygen atoms in total. The Morgan fingerprint density at radius 1 is 1.39 bits per heavy atom. The average Bonchev–Trinajstić information content (AvgIpc) is 2.25. The molecule has 0 spiro atoms. The molecule has 1 unspecified atom stereocenters. The lowest BCUT2D eigenvalue weighted by molar-refractivity contribution is -0.274. The largest absolute Gasteiger partial charge is 0.573 e. The fraction of sp³-hybridized carbons (Fsp3) is 0.200. The molecule has 0 aliphatic heterocycles. The Kier molecular flexibility index (Phi) is 3.92. The molecule has 1 rings (SSSR count). The summed E-state index contributed by atoms with van der Waals surface area (Å²) in [7, 11) is 0. The zero-order chi connectivity index (χ0) is 13.9. The molecule has 8 heteroatoms. The van der Waals surface area contributed by atoms with Crippen LogP contribution in [0.5, 0.6) is 5.75 Å². The lowest BCUT2D eigenvalue weighted by atomic mass is 10.0. The maximum atomic E-state index is 11.9. The molecule has 0 amide bonds. The van der Waals surface area contributed by atoms with E-state index in [0.717, 1.165) is 12.1 Å². The first-order chi connectivity index (χ1) is 8.24. The summed E-state index contributed by atoms with van der Waals surface area (Å²) < 4.78 is 39.3. The molecule has 0 aliphatic carbocycles. The van der Waals surface area contributed by atoms with E-state index >= 15 is 0 Å². The van der Waals surface area contributed by atoms with Crippen molar-refractivity contribution in [3.8, 4) is 5.75 Å². The van der Waals surface area contributed by atoms with Crippen molar-refractivity contribution < 1.29 is 37.7 Å². The van der Waals surface area contributed by atoms with Crippen LogP contribution in [0.1, 0.15) is 22.0 Å². The van der Waals surface area contributed by atoms with Gasteiger partial charge in [0.1, 0.15) is 5.75 Å². The van der Waals surface area contributed by atoms with Gasteiger partial charge in [-0.25, -0.2) is 4.79 Å². The Bertz CT molecular complexity index is 469. The van der Waals surface area contributed by atoms with Crippen LogP contribution in [0.4, 0.5) is 13.2 Å². The molecule has 18 heavy (non-hydrogen) atoms. The van der Waals surface area contributed by atoms with Crippen molar-refractivity contribution in [3.63, 3.8) is 0 Å². The fourth-order valence-corrected chi connectivity index (χ4v) is 1.23. The van der Waals surface area contributed by atoms with E-state index in [1.54, 1.807) is 0 Å². The van der Waals surface area contributed by atoms with Crippen molar-refractivity contribution in [2.24, 2.45) is 0 Å². The number of aliphatic carboxylic acids is 1. The summed E-state index contributed by atoms with van der Waals surface area (Å²) in [6, 6.07) is 2.38. The lowest BCUT2D eigenvalue weighted by Gasteiger charge is -2.12. The number of halogens is 3. The highest BCUT2D eigenvalue weighted by Crippen LogP contribution is 2.27. The Morgan fingerprint density at radius 2 is 2.00 bits per heavy atom. The van der Waals surface area contributed by atoms with Gasteiger partial charge >= 0.3 is 12.3 Å². The number of rotatable bonds is 4. The zero-order valence-corrected chi connectivity index (χ0v) is 8.64. The predicted molar refractivity (Wildman–Crippen MR) is 51.1 cm³/mol. The van der Waals surface area contributed by atoms with Gasteiger partial charge in [0, 0.05) is 11.1 Å². The van der Waals surface area contributed by atoms with E-state index < -0.39 is 29.7 Å². The van der Waals surface area contributed by atoms with Gasteiger partial charge < -0.3 is 14.9 Å². The third-order valence-electron chi connectivity index (χ3n) is 1.95. The summed E-state index contributed by atoms with van der Waals surface area (Å²) >= 11 is 0. The maximum absolute atomic E-state index is 11.9. The minimum absolute atomic E-state index is 0.130. The Morgan fingerprint density at radius 3 is 2.44 bits per heavy atom. The number of benzene rings is 1. The molecule has 0 saturated carbocycles. The number of aliphatic hydroxyl groups excluding tert-OH is 1. The molecule has 0 radical (unpaired) electrons. The quantitative estimate of drug-likeness (QED) is 0.805. The van der Waals surface area contributed by atoms with E-state index in [2.05, 4.69) is 4.74 Å². The van der Waals surface area contributed by atoms with E-state index in [9.17, 15) is 27.9 Å². The molecule has 98 valence electrons. The molecule has 0 aromatic heterocycles. The van der Waals surface area contributed by atoms with Gasteiger partial charge in [0.05, 0.1) is 0 Å². The van der Waals surface area contributed by atoms with Crippen molar-refractivity contribution in [1.29, 1.82) is 0 Å². The van der Waals surface area contributed by atoms with Crippen molar-refractivity contribution in [1.82, 2.24) is 0 Å². The molecule has 0 fully saturated rings. The van der Waals surface area contributed by atoms with Crippen LogP contribution in [0.3, 0.4) is 0 Å². The van der Waals surface area contributed by atoms with Crippen molar-refractivity contribution >= 4 is 12.3 Å². The predicted octanol–water partition coefficient (Wildman–Crippen LogP) is 1.52. The number of hydrogen-bond donors (Lipinski definition) is 2. The van der Waals surface area contributed by atoms with Crippen LogP contribution in [-0.2, 0) is 4.79 Å². The highest BCUT2D eigenvalue weighted by molar-refractivity contribution is 5.83. The van der Waals surface area contributed by atoms with Crippen molar-refractivity contribution in [2.75, 3.05) is 0 Å². The molecule has 2 N–H and O–H groups in total. The van der Waals surface area contributed by atoms with Crippen LogP contribution in [0.25, 0.3) is 0 Å². The zero-order valence-electron chi connectivity index (χ0n) is 8.64. The number of carbonyl (C=O) groups excluding carboxylic acids is 1. The highest BCUT2D eigenvalue weighted by Gasteiger charge is 2.31. The Balaban J connectivity index is 3.11. The fourth-order valence-electron chi connectivity index (χ4n) is 1.23. The van der Waals surface area contributed by atoms with Gasteiger partial charge in [-0.2, -0.15) is 0 Å². The number of ether oxygens (including phenoxy) is 1. The van der Waals surface area contributed by atoms with Gasteiger partial charge in [0.25, 0.3) is 0 Å². The average molecular weight is 264 g/mol. The first-order valence-corrected chi connectivity index (χ1v) is 4.50. The molecular formula is C10H7F3O5. The van der Waals surface area contributed by atoms with Gasteiger partial charge in [-0.05, 0) is 12.1 Å². The number of alkyl halides is 3. The molecule has 0 saturated heterocycles. The summed E-state index contributed by atoms with van der Waals surface area (Å²) in [5.41, 5.74) is -0.710. The smallest absolute Gasteiger partial charge is 0.479 e. The Hall–Kier alpha value is -2.09.